The number of hydrogen-bond donors (Lipinski definition) is 1. The molecular formula is C15H20N2O3S. The molecule has 114 valence electrons. The minimum Gasteiger partial charge on any atom is -0.441 e. The van der Waals surface area contributed by atoms with Gasteiger partial charge in [-0.1, -0.05) is 13.8 Å². The minimum atomic E-state index is -3.17. The zero-order valence-electron chi connectivity index (χ0n) is 12.5. The van der Waals surface area contributed by atoms with Gasteiger partial charge in [0.2, 0.25) is 0 Å². The molecule has 0 amide bonds. The molecule has 1 heterocycles. The fraction of sp³-hybridized carbons (Fsp3) is 0.400. The summed E-state index contributed by atoms with van der Waals surface area (Å²) >= 11 is 0. The smallest absolute Gasteiger partial charge is 0.196 e. The predicted octanol–water partition coefficient (Wildman–Crippen LogP) is 2.29. The summed E-state index contributed by atoms with van der Waals surface area (Å²) in [7, 11) is -3.17. The normalized spacial score (nSPS) is 12.0. The van der Waals surface area contributed by atoms with Gasteiger partial charge >= 0.3 is 0 Å². The molecule has 1 N–H and O–H groups in total. The Morgan fingerprint density at radius 3 is 2.48 bits per heavy atom. The molecule has 0 saturated carbocycles. The molecule has 6 heteroatoms. The maximum Gasteiger partial charge on any atom is 0.196 e. The summed E-state index contributed by atoms with van der Waals surface area (Å²) in [5.41, 5.74) is 0.818. The van der Waals surface area contributed by atoms with Crippen LogP contribution in [0, 0.1) is 0 Å². The highest BCUT2D eigenvalue weighted by Gasteiger charge is 2.10. The van der Waals surface area contributed by atoms with Crippen molar-refractivity contribution >= 4 is 9.84 Å². The van der Waals surface area contributed by atoms with E-state index in [-0.39, 0.29) is 0 Å². The van der Waals surface area contributed by atoms with Gasteiger partial charge in [-0.3, -0.25) is 0 Å². The Morgan fingerprint density at radius 1 is 1.24 bits per heavy atom. The van der Waals surface area contributed by atoms with Gasteiger partial charge in [-0.15, -0.1) is 0 Å². The standard InChI is InChI=1S/C15H20N2O3S/c1-11(2)16-9-8-15-17-10-14(20-15)12-4-6-13(7-5-12)21(3,18)19/h4-7,10-11,16H,8-9H2,1-3H3. The van der Waals surface area contributed by atoms with Crippen molar-refractivity contribution in [2.24, 2.45) is 0 Å². The van der Waals surface area contributed by atoms with E-state index >= 15 is 0 Å². The molecular weight excluding hydrogens is 288 g/mol. The number of oxazole rings is 1. The highest BCUT2D eigenvalue weighted by molar-refractivity contribution is 7.90. The molecule has 0 bridgehead atoms. The number of hydrogen-bond acceptors (Lipinski definition) is 5. The number of sulfone groups is 1. The number of benzene rings is 1. The van der Waals surface area contributed by atoms with Crippen LogP contribution in [0.5, 0.6) is 0 Å². The van der Waals surface area contributed by atoms with E-state index in [1.165, 1.54) is 6.26 Å². The molecule has 0 unspecified atom stereocenters. The van der Waals surface area contributed by atoms with Crippen LogP contribution in [0.4, 0.5) is 0 Å². The summed E-state index contributed by atoms with van der Waals surface area (Å²) < 4.78 is 28.5. The second kappa shape index (κ2) is 6.41. The number of nitrogens with zero attached hydrogens (tertiary/aromatic N) is 1. The second-order valence-electron chi connectivity index (χ2n) is 5.27. The van der Waals surface area contributed by atoms with Crippen LogP contribution in [0.3, 0.4) is 0 Å². The van der Waals surface area contributed by atoms with E-state index in [4.69, 9.17) is 4.42 Å². The van der Waals surface area contributed by atoms with Crippen LogP contribution in [-0.2, 0) is 16.3 Å². The van der Waals surface area contributed by atoms with E-state index in [0.29, 0.717) is 22.6 Å². The van der Waals surface area contributed by atoms with Crippen molar-refractivity contribution in [2.75, 3.05) is 12.8 Å². The predicted molar refractivity (Wildman–Crippen MR) is 81.9 cm³/mol. The first-order valence-corrected chi connectivity index (χ1v) is 8.74. The average Bonchev–Trinajstić information content (AvgIpc) is 2.86. The van der Waals surface area contributed by atoms with Crippen molar-refractivity contribution in [1.29, 1.82) is 0 Å². The third-order valence-corrected chi connectivity index (χ3v) is 4.14. The van der Waals surface area contributed by atoms with Crippen LogP contribution in [0.1, 0.15) is 19.7 Å². The zero-order valence-corrected chi connectivity index (χ0v) is 13.3. The number of nitrogens with one attached hydrogen (secondary N) is 1. The van der Waals surface area contributed by atoms with E-state index in [9.17, 15) is 8.42 Å². The number of rotatable bonds is 6. The molecule has 0 spiro atoms. The molecule has 21 heavy (non-hydrogen) atoms. The van der Waals surface area contributed by atoms with E-state index in [1.54, 1.807) is 30.5 Å². The van der Waals surface area contributed by atoms with Gasteiger partial charge in [0.15, 0.2) is 21.5 Å². The van der Waals surface area contributed by atoms with Crippen LogP contribution in [0.25, 0.3) is 11.3 Å². The Bertz CT molecular complexity index is 688. The molecule has 1 aromatic carbocycles. The van der Waals surface area contributed by atoms with Gasteiger partial charge in [-0.25, -0.2) is 13.4 Å². The van der Waals surface area contributed by atoms with Crippen molar-refractivity contribution in [3.05, 3.63) is 36.4 Å². The Labute approximate surface area is 125 Å². The van der Waals surface area contributed by atoms with Crippen LogP contribution < -0.4 is 5.32 Å². The highest BCUT2D eigenvalue weighted by atomic mass is 32.2. The fourth-order valence-electron chi connectivity index (χ4n) is 1.89. The second-order valence-corrected chi connectivity index (χ2v) is 7.29. The van der Waals surface area contributed by atoms with Gasteiger partial charge in [0.25, 0.3) is 0 Å². The lowest BCUT2D eigenvalue weighted by atomic mass is 10.2. The van der Waals surface area contributed by atoms with Crippen LogP contribution in [0.15, 0.2) is 39.8 Å². The summed E-state index contributed by atoms with van der Waals surface area (Å²) in [5, 5.41) is 3.30. The van der Waals surface area contributed by atoms with Gasteiger partial charge in [0.1, 0.15) is 0 Å². The highest BCUT2D eigenvalue weighted by Crippen LogP contribution is 2.22. The lowest BCUT2D eigenvalue weighted by Gasteiger charge is -2.05. The van der Waals surface area contributed by atoms with E-state index in [0.717, 1.165) is 18.5 Å². The summed E-state index contributed by atoms with van der Waals surface area (Å²) in [4.78, 5) is 4.53. The summed E-state index contributed by atoms with van der Waals surface area (Å²) in [6.07, 6.45) is 3.58. The van der Waals surface area contributed by atoms with Crippen molar-refractivity contribution in [1.82, 2.24) is 10.3 Å². The lowest BCUT2D eigenvalue weighted by molar-refractivity contribution is 0.484. The Balaban J connectivity index is 2.07. The molecule has 0 aliphatic carbocycles. The molecule has 0 atom stereocenters. The van der Waals surface area contributed by atoms with Gasteiger partial charge in [-0.2, -0.15) is 0 Å². The van der Waals surface area contributed by atoms with Gasteiger partial charge in [-0.05, 0) is 24.3 Å². The van der Waals surface area contributed by atoms with E-state index in [1.807, 2.05) is 0 Å². The maximum atomic E-state index is 11.4. The Hall–Kier alpha value is -1.66. The molecule has 0 radical (unpaired) electrons. The maximum absolute atomic E-state index is 11.4. The molecule has 5 nitrogen and oxygen atoms in total. The largest absolute Gasteiger partial charge is 0.441 e. The first kappa shape index (κ1) is 15.7. The Morgan fingerprint density at radius 2 is 1.90 bits per heavy atom. The minimum absolute atomic E-state index is 0.298. The lowest BCUT2D eigenvalue weighted by Crippen LogP contribution is -2.24. The van der Waals surface area contributed by atoms with Crippen molar-refractivity contribution in [3.8, 4) is 11.3 Å². The summed E-state index contributed by atoms with van der Waals surface area (Å²) in [5.74, 6) is 1.32. The molecule has 0 saturated heterocycles. The average molecular weight is 308 g/mol. The molecule has 0 fully saturated rings. The van der Waals surface area contributed by atoms with E-state index < -0.39 is 9.84 Å². The third-order valence-electron chi connectivity index (χ3n) is 3.01. The van der Waals surface area contributed by atoms with Gasteiger partial charge < -0.3 is 9.73 Å². The van der Waals surface area contributed by atoms with Crippen molar-refractivity contribution in [2.45, 2.75) is 31.2 Å². The molecule has 2 rings (SSSR count). The summed E-state index contributed by atoms with van der Waals surface area (Å²) in [6, 6.07) is 7.04. The molecule has 2 aromatic rings. The van der Waals surface area contributed by atoms with Gasteiger partial charge in [0.05, 0.1) is 11.1 Å². The first-order chi connectivity index (χ1) is 9.86. The first-order valence-electron chi connectivity index (χ1n) is 6.85. The molecule has 0 aliphatic heterocycles. The quantitative estimate of drug-likeness (QED) is 0.886. The summed E-state index contributed by atoms with van der Waals surface area (Å²) in [6.45, 7) is 4.99. The molecule has 0 aliphatic rings. The van der Waals surface area contributed by atoms with Crippen molar-refractivity contribution in [3.63, 3.8) is 0 Å². The molecule has 1 aromatic heterocycles. The third kappa shape index (κ3) is 4.41. The fourth-order valence-corrected chi connectivity index (χ4v) is 2.52. The van der Waals surface area contributed by atoms with E-state index in [2.05, 4.69) is 24.1 Å². The topological polar surface area (TPSA) is 72.2 Å². The van der Waals surface area contributed by atoms with Crippen LogP contribution in [0.2, 0.25) is 0 Å². The zero-order chi connectivity index (χ0) is 15.5. The van der Waals surface area contributed by atoms with Crippen molar-refractivity contribution < 1.29 is 12.8 Å². The van der Waals surface area contributed by atoms with Gasteiger partial charge in [0, 0.05) is 30.8 Å². The van der Waals surface area contributed by atoms with Crippen LogP contribution >= 0.6 is 0 Å². The van der Waals surface area contributed by atoms with Crippen LogP contribution in [-0.4, -0.2) is 32.2 Å². The number of aromatic nitrogens is 1. The Kier molecular flexibility index (Phi) is 4.80. The SMILES string of the molecule is CC(C)NCCc1ncc(-c2ccc(S(C)(=O)=O)cc2)o1. The monoisotopic (exact) mass is 308 g/mol.